The second kappa shape index (κ2) is 11.1. The van der Waals surface area contributed by atoms with Crippen LogP contribution < -0.4 is 16.4 Å². The van der Waals surface area contributed by atoms with E-state index in [4.69, 9.17) is 12.2 Å². The first-order valence-electron chi connectivity index (χ1n) is 9.38. The molecule has 0 saturated heterocycles. The molecule has 0 aliphatic heterocycles. The molecule has 1 aromatic carbocycles. The highest BCUT2D eigenvalue weighted by Crippen LogP contribution is 2.12. The van der Waals surface area contributed by atoms with Gasteiger partial charge in [-0.2, -0.15) is 0 Å². The van der Waals surface area contributed by atoms with E-state index in [-0.39, 0.29) is 24.5 Å². The molecule has 158 valence electrons. The van der Waals surface area contributed by atoms with Crippen LogP contribution in [0.3, 0.4) is 0 Å². The van der Waals surface area contributed by atoms with E-state index in [0.717, 1.165) is 5.56 Å². The van der Waals surface area contributed by atoms with E-state index in [1.807, 2.05) is 13.8 Å². The van der Waals surface area contributed by atoms with Crippen molar-refractivity contribution in [2.45, 2.75) is 51.7 Å². The molecule has 4 atom stereocenters. The Bertz CT molecular complexity index is 755. The molecule has 8 heteroatoms. The van der Waals surface area contributed by atoms with Crippen molar-refractivity contribution >= 4 is 17.8 Å². The fourth-order valence-electron chi connectivity index (χ4n) is 2.71. The lowest BCUT2D eigenvalue weighted by atomic mass is 9.98. The quantitative estimate of drug-likeness (QED) is 0.363. The van der Waals surface area contributed by atoms with E-state index in [1.165, 1.54) is 12.1 Å². The number of carbonyl (C=O) groups is 3. The summed E-state index contributed by atoms with van der Waals surface area (Å²) < 4.78 is 0. The molecule has 0 bridgehead atoms. The topological polar surface area (TPSA) is 142 Å². The summed E-state index contributed by atoms with van der Waals surface area (Å²) in [7, 11) is 0. The molecule has 0 saturated carbocycles. The zero-order valence-electron chi connectivity index (χ0n) is 16.9. The number of carbonyl (C=O) groups excluding carboxylic acids is 2. The molecule has 8 nitrogen and oxygen atoms in total. The highest BCUT2D eigenvalue weighted by molar-refractivity contribution is 5.92. The van der Waals surface area contributed by atoms with Crippen LogP contribution in [-0.4, -0.2) is 46.1 Å². The molecule has 1 rings (SSSR count). The zero-order chi connectivity index (χ0) is 22.1. The standard InChI is InChI=1S/C21H29N3O5/c1-5-13(4)18(20(27)23-17(21(28)29)10-12(2)3)24-19(26)16(22)11-14-6-8-15(25)9-7-14/h1,6-9,12-13,16-18,25H,10-11,22H2,2-4H3,(H,23,27)(H,24,26)(H,28,29)/t13-,16-,17-,18-/m0/s1. The number of carboxylic acids is 1. The van der Waals surface area contributed by atoms with Crippen LogP contribution in [0, 0.1) is 24.2 Å². The molecule has 0 spiro atoms. The highest BCUT2D eigenvalue weighted by atomic mass is 16.4. The van der Waals surface area contributed by atoms with Gasteiger partial charge < -0.3 is 26.6 Å². The second-order valence-electron chi connectivity index (χ2n) is 7.45. The maximum absolute atomic E-state index is 12.6. The Labute approximate surface area is 170 Å². The molecule has 0 aliphatic carbocycles. The van der Waals surface area contributed by atoms with Crippen LogP contribution in [0.5, 0.6) is 5.75 Å². The van der Waals surface area contributed by atoms with Gasteiger partial charge in [-0.25, -0.2) is 4.79 Å². The number of phenolic OH excluding ortho intramolecular Hbond substituents is 1. The maximum Gasteiger partial charge on any atom is 0.326 e. The van der Waals surface area contributed by atoms with E-state index >= 15 is 0 Å². The smallest absolute Gasteiger partial charge is 0.326 e. The summed E-state index contributed by atoms with van der Waals surface area (Å²) in [6, 6.07) is 3.09. The van der Waals surface area contributed by atoms with Gasteiger partial charge in [0.1, 0.15) is 17.8 Å². The van der Waals surface area contributed by atoms with Crippen molar-refractivity contribution in [3.63, 3.8) is 0 Å². The first-order valence-corrected chi connectivity index (χ1v) is 9.38. The van der Waals surface area contributed by atoms with E-state index in [1.54, 1.807) is 19.1 Å². The fourth-order valence-corrected chi connectivity index (χ4v) is 2.71. The number of rotatable bonds is 10. The Kier molecular flexibility index (Phi) is 9.16. The molecule has 0 fully saturated rings. The minimum absolute atomic E-state index is 0.0493. The fraction of sp³-hybridized carbons (Fsp3) is 0.476. The minimum Gasteiger partial charge on any atom is -0.508 e. The van der Waals surface area contributed by atoms with Gasteiger partial charge in [0.25, 0.3) is 0 Å². The number of terminal acetylenes is 1. The van der Waals surface area contributed by atoms with Crippen LogP contribution in [0.4, 0.5) is 0 Å². The predicted octanol–water partition coefficient (Wildman–Crippen LogP) is 0.632. The maximum atomic E-state index is 12.6. The number of benzene rings is 1. The van der Waals surface area contributed by atoms with E-state index < -0.39 is 41.8 Å². The predicted molar refractivity (Wildman–Crippen MR) is 109 cm³/mol. The van der Waals surface area contributed by atoms with Gasteiger partial charge in [0.05, 0.1) is 6.04 Å². The van der Waals surface area contributed by atoms with Gasteiger partial charge in [-0.1, -0.05) is 26.0 Å². The van der Waals surface area contributed by atoms with Crippen LogP contribution in [0.15, 0.2) is 24.3 Å². The molecule has 0 aromatic heterocycles. The van der Waals surface area contributed by atoms with Crippen molar-refractivity contribution in [2.75, 3.05) is 0 Å². The lowest BCUT2D eigenvalue weighted by Gasteiger charge is -2.25. The summed E-state index contributed by atoms with van der Waals surface area (Å²) in [5, 5.41) is 23.6. The van der Waals surface area contributed by atoms with Gasteiger partial charge in [0, 0.05) is 5.92 Å². The molecular formula is C21H29N3O5. The van der Waals surface area contributed by atoms with Crippen LogP contribution in [-0.2, 0) is 20.8 Å². The molecule has 2 amide bonds. The molecule has 0 unspecified atom stereocenters. The minimum atomic E-state index is -1.16. The summed E-state index contributed by atoms with van der Waals surface area (Å²) >= 11 is 0. The molecular weight excluding hydrogens is 374 g/mol. The number of aliphatic carboxylic acids is 1. The Morgan fingerprint density at radius 2 is 1.69 bits per heavy atom. The third kappa shape index (κ3) is 7.84. The number of carboxylic acid groups (broad SMARTS) is 1. The molecule has 29 heavy (non-hydrogen) atoms. The number of aromatic hydroxyl groups is 1. The van der Waals surface area contributed by atoms with Crippen molar-refractivity contribution in [1.82, 2.24) is 10.6 Å². The van der Waals surface area contributed by atoms with Crippen LogP contribution in [0.2, 0.25) is 0 Å². The number of nitrogens with two attached hydrogens (primary N) is 1. The number of hydrogen-bond acceptors (Lipinski definition) is 5. The summed E-state index contributed by atoms with van der Waals surface area (Å²) in [4.78, 5) is 36.5. The first-order chi connectivity index (χ1) is 13.5. The van der Waals surface area contributed by atoms with Gasteiger partial charge in [-0.05, 0) is 43.4 Å². The van der Waals surface area contributed by atoms with Gasteiger partial charge >= 0.3 is 5.97 Å². The Morgan fingerprint density at radius 1 is 1.10 bits per heavy atom. The monoisotopic (exact) mass is 403 g/mol. The van der Waals surface area contributed by atoms with Gasteiger partial charge in [0.15, 0.2) is 0 Å². The van der Waals surface area contributed by atoms with Crippen molar-refractivity contribution < 1.29 is 24.6 Å². The normalized spacial score (nSPS) is 14.9. The van der Waals surface area contributed by atoms with Gasteiger partial charge in [0.2, 0.25) is 11.8 Å². The van der Waals surface area contributed by atoms with E-state index in [0.29, 0.717) is 0 Å². The number of nitrogens with one attached hydrogen (secondary N) is 2. The molecule has 0 heterocycles. The van der Waals surface area contributed by atoms with Crippen molar-refractivity contribution in [1.29, 1.82) is 0 Å². The zero-order valence-corrected chi connectivity index (χ0v) is 16.9. The Balaban J connectivity index is 2.84. The van der Waals surface area contributed by atoms with Crippen LogP contribution in [0.1, 0.15) is 32.8 Å². The Hall–Kier alpha value is -3.05. The molecule has 1 aromatic rings. The third-order valence-electron chi connectivity index (χ3n) is 4.39. The Morgan fingerprint density at radius 3 is 2.17 bits per heavy atom. The molecule has 0 radical (unpaired) electrons. The molecule has 0 aliphatic rings. The van der Waals surface area contributed by atoms with Gasteiger partial charge in [-0.3, -0.25) is 9.59 Å². The van der Waals surface area contributed by atoms with E-state index in [9.17, 15) is 24.6 Å². The van der Waals surface area contributed by atoms with Crippen LogP contribution in [0.25, 0.3) is 0 Å². The summed E-state index contributed by atoms with van der Waals surface area (Å²) in [5.41, 5.74) is 6.68. The van der Waals surface area contributed by atoms with Crippen molar-refractivity contribution in [2.24, 2.45) is 17.6 Å². The summed E-state index contributed by atoms with van der Waals surface area (Å²) in [6.45, 7) is 5.26. The van der Waals surface area contributed by atoms with Crippen molar-refractivity contribution in [3.05, 3.63) is 29.8 Å². The first kappa shape index (κ1) is 24.0. The average molecular weight is 403 g/mol. The average Bonchev–Trinajstić information content (AvgIpc) is 2.65. The van der Waals surface area contributed by atoms with Gasteiger partial charge in [-0.15, -0.1) is 12.3 Å². The lowest BCUT2D eigenvalue weighted by Crippen LogP contribution is -2.57. The second-order valence-corrected chi connectivity index (χ2v) is 7.45. The third-order valence-corrected chi connectivity index (χ3v) is 4.39. The number of phenols is 1. The summed E-state index contributed by atoms with van der Waals surface area (Å²) in [5.74, 6) is -0.545. The molecule has 6 N–H and O–H groups in total. The SMILES string of the molecule is C#C[C@H](C)[C@H](NC(=O)[C@@H](N)Cc1ccc(O)cc1)C(=O)N[C@@H](CC(C)C)C(=O)O. The highest BCUT2D eigenvalue weighted by Gasteiger charge is 2.31. The number of amides is 2. The number of hydrogen-bond donors (Lipinski definition) is 5. The lowest BCUT2D eigenvalue weighted by molar-refractivity contribution is -0.142. The summed E-state index contributed by atoms with van der Waals surface area (Å²) in [6.07, 6.45) is 5.85. The largest absolute Gasteiger partial charge is 0.508 e. The van der Waals surface area contributed by atoms with Crippen molar-refractivity contribution in [3.8, 4) is 18.1 Å². The van der Waals surface area contributed by atoms with Crippen LogP contribution >= 0.6 is 0 Å². The van der Waals surface area contributed by atoms with E-state index in [2.05, 4.69) is 16.6 Å².